The Kier molecular flexibility index (Phi) is 3.56. The molecule has 21 heavy (non-hydrogen) atoms. The minimum atomic E-state index is -3.72. The normalized spacial score (nSPS) is 11.7. The van der Waals surface area contributed by atoms with Gasteiger partial charge in [0.2, 0.25) is 0 Å². The van der Waals surface area contributed by atoms with E-state index in [0.717, 1.165) is 22.2 Å². The molecule has 0 bridgehead atoms. The van der Waals surface area contributed by atoms with Crippen molar-refractivity contribution in [1.29, 1.82) is 0 Å². The number of nitrogens with one attached hydrogen (secondary N) is 1. The maximum absolute atomic E-state index is 12.5. The molecule has 3 aromatic rings. The number of sulfonamides is 1. The van der Waals surface area contributed by atoms with Gasteiger partial charge in [0.1, 0.15) is 0 Å². The van der Waals surface area contributed by atoms with Crippen molar-refractivity contribution in [3.05, 3.63) is 46.7 Å². The van der Waals surface area contributed by atoms with Crippen molar-refractivity contribution in [2.75, 3.05) is 4.72 Å². The third-order valence-electron chi connectivity index (χ3n) is 2.86. The fraction of sp³-hybridized carbons (Fsp3) is 0.0769. The van der Waals surface area contributed by atoms with Crippen molar-refractivity contribution in [3.63, 3.8) is 0 Å². The summed E-state index contributed by atoms with van der Waals surface area (Å²) in [6, 6.07) is 8.84. The Morgan fingerprint density at radius 1 is 1.24 bits per heavy atom. The van der Waals surface area contributed by atoms with Crippen LogP contribution in [0.25, 0.3) is 10.9 Å². The van der Waals surface area contributed by atoms with Crippen LogP contribution in [-0.2, 0) is 10.0 Å². The molecule has 0 radical (unpaired) electrons. The minimum absolute atomic E-state index is 0.119. The molecule has 0 saturated carbocycles. The Balaban J connectivity index is 2.08. The number of pyridine rings is 1. The summed E-state index contributed by atoms with van der Waals surface area (Å²) in [6.07, 6.45) is 1.66. The van der Waals surface area contributed by atoms with Crippen LogP contribution in [0.2, 0.25) is 4.47 Å². The third-order valence-corrected chi connectivity index (χ3v) is 6.10. The van der Waals surface area contributed by atoms with Crippen LogP contribution < -0.4 is 4.72 Å². The Morgan fingerprint density at radius 3 is 2.76 bits per heavy atom. The number of benzene rings is 1. The monoisotopic (exact) mass is 339 g/mol. The summed E-state index contributed by atoms with van der Waals surface area (Å²) in [5.41, 5.74) is 1.58. The number of hydrogen-bond acceptors (Lipinski definition) is 5. The van der Waals surface area contributed by atoms with Gasteiger partial charge in [-0.1, -0.05) is 29.0 Å². The molecular formula is C13H10ClN3O2S2. The van der Waals surface area contributed by atoms with Crippen LogP contribution in [0.1, 0.15) is 5.69 Å². The van der Waals surface area contributed by atoms with Crippen molar-refractivity contribution < 1.29 is 8.42 Å². The van der Waals surface area contributed by atoms with Gasteiger partial charge in [-0.15, -0.1) is 0 Å². The van der Waals surface area contributed by atoms with E-state index >= 15 is 0 Å². The Bertz CT molecular complexity index is 917. The van der Waals surface area contributed by atoms with Gasteiger partial charge in [0.05, 0.1) is 16.9 Å². The number of nitrogens with zero attached hydrogens (tertiary/aromatic N) is 2. The molecule has 2 heterocycles. The summed E-state index contributed by atoms with van der Waals surface area (Å²) in [5, 5.41) is 0.733. The Morgan fingerprint density at radius 2 is 2.05 bits per heavy atom. The first-order valence-electron chi connectivity index (χ1n) is 5.97. The van der Waals surface area contributed by atoms with Gasteiger partial charge in [0, 0.05) is 11.6 Å². The lowest BCUT2D eigenvalue weighted by Crippen LogP contribution is -2.13. The van der Waals surface area contributed by atoms with Gasteiger partial charge in [-0.3, -0.25) is 9.71 Å². The van der Waals surface area contributed by atoms with Crippen LogP contribution in [0.15, 0.2) is 40.7 Å². The van der Waals surface area contributed by atoms with E-state index in [1.165, 1.54) is 0 Å². The second-order valence-corrected chi connectivity index (χ2v) is 7.78. The molecular weight excluding hydrogens is 330 g/mol. The van der Waals surface area contributed by atoms with E-state index in [-0.39, 0.29) is 8.68 Å². The maximum atomic E-state index is 12.5. The van der Waals surface area contributed by atoms with Gasteiger partial charge in [-0.2, -0.15) is 0 Å². The predicted molar refractivity (Wildman–Crippen MR) is 84.4 cm³/mol. The molecule has 0 unspecified atom stereocenters. The van der Waals surface area contributed by atoms with Gasteiger partial charge < -0.3 is 0 Å². The number of aryl methyl sites for hydroxylation is 1. The zero-order chi connectivity index (χ0) is 15.0. The van der Waals surface area contributed by atoms with E-state index in [1.807, 2.05) is 12.1 Å². The third kappa shape index (κ3) is 2.72. The largest absolute Gasteiger partial charge is 0.278 e. The highest BCUT2D eigenvalue weighted by molar-refractivity contribution is 7.94. The van der Waals surface area contributed by atoms with Gasteiger partial charge in [-0.05, 0) is 31.2 Å². The number of aromatic nitrogens is 2. The quantitative estimate of drug-likeness (QED) is 0.793. The predicted octanol–water partition coefficient (Wildman–Crippen LogP) is 3.45. The molecule has 8 heteroatoms. The first-order chi connectivity index (χ1) is 9.97. The Hall–Kier alpha value is -1.70. The molecule has 0 spiro atoms. The van der Waals surface area contributed by atoms with E-state index in [1.54, 1.807) is 31.3 Å². The summed E-state index contributed by atoms with van der Waals surface area (Å²) in [7, 11) is -3.72. The number of thiazole rings is 1. The smallest absolute Gasteiger partial charge is 0.273 e. The van der Waals surface area contributed by atoms with Gasteiger partial charge >= 0.3 is 0 Å². The molecule has 0 saturated heterocycles. The number of halogens is 1. The van der Waals surface area contributed by atoms with Crippen LogP contribution in [0.3, 0.4) is 0 Å². The van der Waals surface area contributed by atoms with Gasteiger partial charge in [0.15, 0.2) is 8.68 Å². The zero-order valence-electron chi connectivity index (χ0n) is 10.9. The fourth-order valence-corrected chi connectivity index (χ4v) is 4.80. The molecule has 3 rings (SSSR count). The standard InChI is InChI=1S/C13H10ClN3O2S2/c1-8-12(20-13(14)16-8)21(18,19)17-11-6-2-5-10-9(11)4-3-7-15-10/h2-7,17H,1H3. The number of anilines is 1. The average Bonchev–Trinajstić information content (AvgIpc) is 2.79. The second-order valence-electron chi connectivity index (χ2n) is 4.32. The highest BCUT2D eigenvalue weighted by Gasteiger charge is 2.22. The minimum Gasteiger partial charge on any atom is -0.278 e. The fourth-order valence-electron chi connectivity index (χ4n) is 1.98. The van der Waals surface area contributed by atoms with E-state index in [0.29, 0.717) is 11.4 Å². The summed E-state index contributed by atoms with van der Waals surface area (Å²) in [6.45, 7) is 1.61. The van der Waals surface area contributed by atoms with E-state index in [9.17, 15) is 8.42 Å². The molecule has 0 aliphatic carbocycles. The van der Waals surface area contributed by atoms with Crippen LogP contribution in [-0.4, -0.2) is 18.4 Å². The molecule has 5 nitrogen and oxygen atoms in total. The van der Waals surface area contributed by atoms with Crippen LogP contribution in [0.4, 0.5) is 5.69 Å². The molecule has 0 fully saturated rings. The van der Waals surface area contributed by atoms with E-state index < -0.39 is 10.0 Å². The van der Waals surface area contributed by atoms with Crippen molar-refractivity contribution >= 4 is 49.6 Å². The highest BCUT2D eigenvalue weighted by atomic mass is 35.5. The average molecular weight is 340 g/mol. The lowest BCUT2D eigenvalue weighted by molar-refractivity contribution is 0.602. The summed E-state index contributed by atoms with van der Waals surface area (Å²) in [4.78, 5) is 8.13. The first-order valence-corrected chi connectivity index (χ1v) is 8.64. The second kappa shape index (κ2) is 5.25. The molecule has 2 aromatic heterocycles. The highest BCUT2D eigenvalue weighted by Crippen LogP contribution is 2.30. The molecule has 0 aliphatic rings. The van der Waals surface area contributed by atoms with Crippen LogP contribution in [0, 0.1) is 6.92 Å². The maximum Gasteiger partial charge on any atom is 0.273 e. The van der Waals surface area contributed by atoms with Crippen molar-refractivity contribution in [3.8, 4) is 0 Å². The van der Waals surface area contributed by atoms with Gasteiger partial charge in [0.25, 0.3) is 10.0 Å². The lowest BCUT2D eigenvalue weighted by Gasteiger charge is -2.09. The zero-order valence-corrected chi connectivity index (χ0v) is 13.3. The van der Waals surface area contributed by atoms with E-state index in [2.05, 4.69) is 14.7 Å². The van der Waals surface area contributed by atoms with Crippen molar-refractivity contribution in [2.45, 2.75) is 11.1 Å². The molecule has 1 N–H and O–H groups in total. The SMILES string of the molecule is Cc1nc(Cl)sc1S(=O)(=O)Nc1cccc2ncccc12. The Labute approximate surface area is 130 Å². The first kappa shape index (κ1) is 14.2. The summed E-state index contributed by atoms with van der Waals surface area (Å²) in [5.74, 6) is 0. The van der Waals surface area contributed by atoms with Crippen molar-refractivity contribution in [2.24, 2.45) is 0 Å². The lowest BCUT2D eigenvalue weighted by atomic mass is 10.2. The summed E-state index contributed by atoms with van der Waals surface area (Å²) >= 11 is 6.71. The van der Waals surface area contributed by atoms with E-state index in [4.69, 9.17) is 11.6 Å². The molecule has 0 atom stereocenters. The number of rotatable bonds is 3. The number of fused-ring (bicyclic) bond motifs is 1. The molecule has 0 aliphatic heterocycles. The van der Waals surface area contributed by atoms with Crippen molar-refractivity contribution in [1.82, 2.24) is 9.97 Å². The number of hydrogen-bond donors (Lipinski definition) is 1. The molecule has 0 amide bonds. The van der Waals surface area contributed by atoms with Crippen LogP contribution in [0.5, 0.6) is 0 Å². The molecule has 1 aromatic carbocycles. The topological polar surface area (TPSA) is 72.0 Å². The molecule has 108 valence electrons. The van der Waals surface area contributed by atoms with Gasteiger partial charge in [-0.25, -0.2) is 13.4 Å². The van der Waals surface area contributed by atoms with Crippen LogP contribution >= 0.6 is 22.9 Å². The summed E-state index contributed by atoms with van der Waals surface area (Å²) < 4.78 is 27.8.